The van der Waals surface area contributed by atoms with Crippen molar-refractivity contribution in [1.29, 1.82) is 5.26 Å². The van der Waals surface area contributed by atoms with Crippen LogP contribution in [-0.2, 0) is 46.7 Å². The average molecular weight is 1290 g/mol. The number of rotatable bonds is 23. The zero-order chi connectivity index (χ0) is 64.5. The predicted molar refractivity (Wildman–Crippen MR) is 332 cm³/mol. The molecule has 481 valence electrons. The third-order valence-electron chi connectivity index (χ3n) is 12.0. The minimum atomic E-state index is -0.616. The van der Waals surface area contributed by atoms with Crippen molar-refractivity contribution in [3.8, 4) is 91.9 Å². The normalized spacial score (nSPS) is 9.68. The summed E-state index contributed by atoms with van der Waals surface area (Å²) in [5, 5.41) is 37.6. The second-order valence-electron chi connectivity index (χ2n) is 17.0. The van der Waals surface area contributed by atoms with Crippen molar-refractivity contribution in [3.63, 3.8) is 0 Å². The van der Waals surface area contributed by atoms with Crippen molar-refractivity contribution in [1.82, 2.24) is 40.1 Å². The summed E-state index contributed by atoms with van der Waals surface area (Å²) in [6.07, 6.45) is 16.5. The number of methoxy groups -OCH3 is 10. The molecule has 3 N–H and O–H groups in total. The number of nitriles is 1. The number of aromatic hydroxyl groups is 1. The van der Waals surface area contributed by atoms with Crippen LogP contribution in [0.1, 0.15) is 66.9 Å². The molecule has 0 amide bonds. The maximum absolute atomic E-state index is 13.0. The van der Waals surface area contributed by atoms with Gasteiger partial charge in [0.25, 0.3) is 11.4 Å². The molecule has 8 rings (SSSR count). The minimum Gasteiger partial charge on any atom is -1.00 e. The van der Waals surface area contributed by atoms with Crippen LogP contribution in [0.2, 0.25) is 5.02 Å². The molecule has 7 aromatic heterocycles. The molecule has 0 aliphatic heterocycles. The van der Waals surface area contributed by atoms with E-state index in [4.69, 9.17) is 83.2 Å². The number of aliphatic hydroxyl groups excluding tert-OH is 1. The van der Waals surface area contributed by atoms with Crippen molar-refractivity contribution in [2.24, 2.45) is 0 Å². The molecule has 30 heteroatoms. The van der Waals surface area contributed by atoms with E-state index in [2.05, 4.69) is 40.1 Å². The predicted octanol–water partition coefficient (Wildman–Crippen LogP) is 5.23. The van der Waals surface area contributed by atoms with Crippen LogP contribution >= 0.6 is 11.6 Å². The summed E-state index contributed by atoms with van der Waals surface area (Å²) in [5.41, 5.74) is 3.43. The van der Waals surface area contributed by atoms with E-state index in [0.29, 0.717) is 116 Å². The molecule has 7 heterocycles. The Kier molecular flexibility index (Phi) is 37.4. The first-order chi connectivity index (χ1) is 42.7. The van der Waals surface area contributed by atoms with Gasteiger partial charge >= 0.3 is 35.5 Å². The fourth-order valence-electron chi connectivity index (χ4n) is 7.82. The summed E-state index contributed by atoms with van der Waals surface area (Å²) in [4.78, 5) is 57.4. The van der Waals surface area contributed by atoms with Crippen LogP contribution in [0.4, 0.5) is 0 Å². The third-order valence-corrected chi connectivity index (χ3v) is 12.3. The summed E-state index contributed by atoms with van der Waals surface area (Å²) < 4.78 is 67.2. The molecule has 91 heavy (non-hydrogen) atoms. The van der Waals surface area contributed by atoms with Crippen molar-refractivity contribution in [2.45, 2.75) is 53.8 Å². The second-order valence-corrected chi connectivity index (χ2v) is 17.4. The van der Waals surface area contributed by atoms with Crippen LogP contribution < -0.4 is 82.5 Å². The van der Waals surface area contributed by atoms with Gasteiger partial charge in [0.1, 0.15) is 62.9 Å². The number of nitrogens with one attached hydrogen (secondary N) is 1. The smallest absolute Gasteiger partial charge is 1.00 e. The van der Waals surface area contributed by atoms with Gasteiger partial charge in [0, 0.05) is 20.0 Å². The zero-order valence-electron chi connectivity index (χ0n) is 53.1. The van der Waals surface area contributed by atoms with Crippen LogP contribution in [0, 0.1) is 11.3 Å². The number of aldehydes is 1. The Hall–Kier alpha value is -9.24. The van der Waals surface area contributed by atoms with Gasteiger partial charge in [-0.15, -0.1) is 10.2 Å². The van der Waals surface area contributed by atoms with Gasteiger partial charge in [-0.1, -0.05) is 31.2 Å². The number of hydrogen-bond acceptors (Lipinski definition) is 26. The van der Waals surface area contributed by atoms with E-state index in [1.54, 1.807) is 31.5 Å². The zero-order valence-corrected chi connectivity index (χ0v) is 54.8. The molecule has 8 aromatic rings. The van der Waals surface area contributed by atoms with E-state index in [0.717, 1.165) is 11.1 Å². The van der Waals surface area contributed by atoms with Crippen molar-refractivity contribution in [2.75, 3.05) is 84.3 Å². The number of hydrogen-bond donors (Lipinski definition) is 3. The SMILES string of the molecule is C.CCOC(=O)Cc1c(OC)cncc1OC.CCOCc1[nH]c(=O)c(-c2nnc(Cc3ccc(Cl)cc3)o2)c(O)c1-c1c(OC)cncc1OC.COc1cncc(OC)c1C=O.COc1cncc(OC)c1CC#N.COc1cncc(OC)c1CO.[B].[H-].[Na+]. The second kappa shape index (κ2) is 42.7. The van der Waals surface area contributed by atoms with E-state index >= 15 is 0 Å². The number of nitrogens with zero attached hydrogens (tertiary/aromatic N) is 8. The number of aromatic nitrogens is 8. The number of aromatic amines is 1. The molecule has 0 bridgehead atoms. The Morgan fingerprint density at radius 3 is 1.44 bits per heavy atom. The van der Waals surface area contributed by atoms with E-state index < -0.39 is 5.56 Å². The Labute approximate surface area is 557 Å². The van der Waals surface area contributed by atoms with Gasteiger partial charge in [0.05, 0.1) is 212 Å². The van der Waals surface area contributed by atoms with Gasteiger partial charge in [-0.25, -0.2) is 0 Å². The van der Waals surface area contributed by atoms with Crippen molar-refractivity contribution >= 4 is 32.3 Å². The Balaban J connectivity index is 0.00000122. The number of benzene rings is 1. The van der Waals surface area contributed by atoms with Crippen LogP contribution in [0.25, 0.3) is 22.6 Å². The molecule has 0 spiro atoms. The molecule has 0 saturated carbocycles. The van der Waals surface area contributed by atoms with Crippen LogP contribution in [0.3, 0.4) is 0 Å². The fraction of sp³-hybridized carbons (Fsp3) is 0.328. The van der Waals surface area contributed by atoms with Gasteiger partial charge in [-0.2, -0.15) is 5.26 Å². The Morgan fingerprint density at radius 1 is 0.626 bits per heavy atom. The Morgan fingerprint density at radius 2 is 1.04 bits per heavy atom. The minimum absolute atomic E-state index is 0. The molecule has 3 radical (unpaired) electrons. The molecular weight excluding hydrogens is 1220 g/mol. The number of carbonyl (C=O) groups is 2. The number of carbonyl (C=O) groups excluding carboxylic acids is 2. The van der Waals surface area contributed by atoms with Crippen molar-refractivity contribution in [3.05, 3.63) is 141 Å². The Bertz CT molecular complexity index is 3510. The molecule has 27 nitrogen and oxygen atoms in total. The van der Waals surface area contributed by atoms with Crippen LogP contribution in [0.15, 0.2) is 95.4 Å². The van der Waals surface area contributed by atoms with E-state index in [9.17, 15) is 19.5 Å². The summed E-state index contributed by atoms with van der Waals surface area (Å²) in [5.74, 6) is 4.21. The van der Waals surface area contributed by atoms with E-state index in [-0.39, 0.29) is 108 Å². The summed E-state index contributed by atoms with van der Waals surface area (Å²) in [7, 11) is 15.0. The number of aliphatic hydroxyl groups is 1. The van der Waals surface area contributed by atoms with Crippen LogP contribution in [0.5, 0.6) is 63.2 Å². The number of pyridine rings is 6. The van der Waals surface area contributed by atoms with Gasteiger partial charge in [0.2, 0.25) is 5.89 Å². The summed E-state index contributed by atoms with van der Waals surface area (Å²) in [6.45, 7) is 4.24. The number of ether oxygens (including phenoxy) is 12. The van der Waals surface area contributed by atoms with E-state index in [1.165, 1.54) is 121 Å². The fourth-order valence-corrected chi connectivity index (χ4v) is 7.95. The first kappa shape index (κ1) is 79.8. The topological polar surface area (TPSA) is 345 Å². The number of halogens is 1. The number of esters is 1. The molecule has 0 aliphatic rings. The summed E-state index contributed by atoms with van der Waals surface area (Å²) >= 11 is 5.94. The van der Waals surface area contributed by atoms with Gasteiger partial charge in [-0.3, -0.25) is 39.3 Å². The maximum Gasteiger partial charge on any atom is 1.00 e. The van der Waals surface area contributed by atoms with E-state index in [1.807, 2.05) is 25.1 Å². The maximum atomic E-state index is 13.0. The van der Waals surface area contributed by atoms with Crippen molar-refractivity contribution < 1.29 is 112 Å². The molecule has 0 atom stereocenters. The van der Waals surface area contributed by atoms with Gasteiger partial charge < -0.3 is 77.9 Å². The molecule has 0 aliphatic carbocycles. The first-order valence-corrected chi connectivity index (χ1v) is 26.5. The molecule has 1 aromatic carbocycles. The molecule has 0 saturated heterocycles. The monoisotopic (exact) mass is 1290 g/mol. The third kappa shape index (κ3) is 22.3. The average Bonchev–Trinajstić information content (AvgIpc) is 1.10. The first-order valence-electron chi connectivity index (χ1n) is 26.2. The largest absolute Gasteiger partial charge is 1.00 e. The standard InChI is InChI=1S/C24H23ClN4O6.C11H15NO4.C9H10N2O2.C8H11NO3.C8H9NO3.CH4.B.Na.H/c1-4-34-12-15-19(20-16(32-2)10-26-11-17(20)33-3)22(30)21(23(31)27-15)24-29-28-18(35-24)9-13-5-7-14(25)8-6-13;1-4-16-11(13)5-8-9(14-2)6-12-7-10(8)15-3;1-12-8-5-11-6-9(13-2)7(8)3-4-10;2*1-11-7-3-9-4-8(12-2)6(7)5-10;;;;/h5-8,10-11H,4,9,12H2,1-3H3,(H2,27,30,31);6-7H,4-5H2,1-3H3;5-6H,3H2,1-2H3;3-4,10H,5H2,1-2H3;3-5H,1-2H3;1H4;;;/q;;;;;;;+1;-1. The molecular formula is C61H73BClN9NaO18. The quantitative estimate of drug-likeness (QED) is 0.0419. The van der Waals surface area contributed by atoms with Gasteiger partial charge in [0.15, 0.2) is 17.8 Å². The van der Waals surface area contributed by atoms with Gasteiger partial charge in [-0.05, 0) is 31.5 Å². The molecule has 0 unspecified atom stereocenters. The number of H-pyrrole nitrogens is 1. The molecule has 0 fully saturated rings. The summed E-state index contributed by atoms with van der Waals surface area (Å²) in [6, 6.07) is 9.22. The van der Waals surface area contributed by atoms with Crippen LogP contribution in [-0.4, -0.2) is 155 Å².